The highest BCUT2D eigenvalue weighted by Gasteiger charge is 2.11. The molecule has 0 atom stereocenters. The lowest BCUT2D eigenvalue weighted by atomic mass is 10.3. The van der Waals surface area contributed by atoms with Gasteiger partial charge in [-0.3, -0.25) is 9.78 Å². The van der Waals surface area contributed by atoms with Crippen molar-refractivity contribution >= 4 is 17.7 Å². The summed E-state index contributed by atoms with van der Waals surface area (Å²) < 4.78 is 16.5. The fraction of sp³-hybridized carbons (Fsp3) is 0.263. The molecule has 3 rings (SSSR count). The fourth-order valence-electron chi connectivity index (χ4n) is 2.21. The maximum atomic E-state index is 11.9. The fourth-order valence-corrected chi connectivity index (χ4v) is 2.80. The third-order valence-electron chi connectivity index (χ3n) is 3.47. The molecule has 8 nitrogen and oxygen atoms in total. The van der Waals surface area contributed by atoms with Gasteiger partial charge >= 0.3 is 0 Å². The first-order valence-electron chi connectivity index (χ1n) is 8.73. The molecule has 0 fully saturated rings. The molecule has 0 aliphatic rings. The highest BCUT2D eigenvalue weighted by Crippen LogP contribution is 2.22. The number of rotatable bonds is 10. The molecule has 1 amide bonds. The summed E-state index contributed by atoms with van der Waals surface area (Å²) in [7, 11) is 0. The van der Waals surface area contributed by atoms with E-state index >= 15 is 0 Å². The van der Waals surface area contributed by atoms with Crippen LogP contribution in [0.2, 0.25) is 0 Å². The Labute approximate surface area is 166 Å². The van der Waals surface area contributed by atoms with Crippen molar-refractivity contribution in [1.29, 1.82) is 0 Å². The summed E-state index contributed by atoms with van der Waals surface area (Å²) in [5.74, 6) is 1.94. The standard InChI is InChI=1S/C19H20N4O4S/c1-2-25-15-5-7-16(8-6-15)26-11-10-21-17(24)13-28-19-23-22-18(27-19)14-4-3-9-20-12-14/h3-9,12H,2,10-11,13H2,1H3,(H,21,24). The molecule has 0 bridgehead atoms. The zero-order chi connectivity index (χ0) is 19.6. The summed E-state index contributed by atoms with van der Waals surface area (Å²) in [5, 5.41) is 11.0. The third-order valence-corrected chi connectivity index (χ3v) is 4.29. The molecule has 0 radical (unpaired) electrons. The van der Waals surface area contributed by atoms with Gasteiger partial charge < -0.3 is 19.2 Å². The predicted molar refractivity (Wildman–Crippen MR) is 104 cm³/mol. The van der Waals surface area contributed by atoms with E-state index in [1.54, 1.807) is 18.5 Å². The molecule has 0 spiro atoms. The molecule has 0 saturated carbocycles. The van der Waals surface area contributed by atoms with Crippen LogP contribution in [0.5, 0.6) is 11.5 Å². The SMILES string of the molecule is CCOc1ccc(OCCNC(=O)CSc2nnc(-c3cccnc3)o2)cc1. The van der Waals surface area contributed by atoms with E-state index in [0.29, 0.717) is 30.9 Å². The Bertz CT molecular complexity index is 871. The number of nitrogens with one attached hydrogen (secondary N) is 1. The van der Waals surface area contributed by atoms with Gasteiger partial charge in [0.25, 0.3) is 5.22 Å². The zero-order valence-electron chi connectivity index (χ0n) is 15.3. The van der Waals surface area contributed by atoms with Crippen molar-refractivity contribution in [2.45, 2.75) is 12.1 Å². The molecule has 0 unspecified atom stereocenters. The molecule has 0 saturated heterocycles. The molecule has 2 aromatic heterocycles. The number of hydrogen-bond acceptors (Lipinski definition) is 8. The maximum Gasteiger partial charge on any atom is 0.277 e. The number of ether oxygens (including phenoxy) is 2. The second-order valence-electron chi connectivity index (χ2n) is 5.51. The number of thioether (sulfide) groups is 1. The van der Waals surface area contributed by atoms with Gasteiger partial charge in [-0.1, -0.05) is 11.8 Å². The molecule has 9 heteroatoms. The van der Waals surface area contributed by atoms with Gasteiger partial charge in [-0.05, 0) is 43.3 Å². The van der Waals surface area contributed by atoms with Crippen molar-refractivity contribution in [2.75, 3.05) is 25.5 Å². The molecule has 146 valence electrons. The summed E-state index contributed by atoms with van der Waals surface area (Å²) in [5.41, 5.74) is 0.734. The van der Waals surface area contributed by atoms with Crippen molar-refractivity contribution in [3.63, 3.8) is 0 Å². The van der Waals surface area contributed by atoms with E-state index in [0.717, 1.165) is 17.1 Å². The Balaban J connectivity index is 1.34. The van der Waals surface area contributed by atoms with Crippen LogP contribution in [0.15, 0.2) is 58.4 Å². The first kappa shape index (κ1) is 19.7. The van der Waals surface area contributed by atoms with Gasteiger partial charge in [-0.15, -0.1) is 10.2 Å². The minimum absolute atomic E-state index is 0.138. The van der Waals surface area contributed by atoms with Gasteiger partial charge in [0, 0.05) is 12.4 Å². The lowest BCUT2D eigenvalue weighted by Crippen LogP contribution is -2.29. The first-order chi connectivity index (χ1) is 13.7. The maximum absolute atomic E-state index is 11.9. The summed E-state index contributed by atoms with van der Waals surface area (Å²) in [6.07, 6.45) is 3.30. The summed E-state index contributed by atoms with van der Waals surface area (Å²) >= 11 is 1.18. The van der Waals surface area contributed by atoms with Crippen LogP contribution in [0.25, 0.3) is 11.5 Å². The van der Waals surface area contributed by atoms with Gasteiger partial charge in [-0.25, -0.2) is 0 Å². The van der Waals surface area contributed by atoms with Gasteiger partial charge in [0.2, 0.25) is 11.8 Å². The summed E-state index contributed by atoms with van der Waals surface area (Å²) in [6.45, 7) is 3.33. The largest absolute Gasteiger partial charge is 0.494 e. The predicted octanol–water partition coefficient (Wildman–Crippen LogP) is 2.82. The second kappa shape index (κ2) is 10.3. The van der Waals surface area contributed by atoms with E-state index in [1.807, 2.05) is 37.3 Å². The lowest BCUT2D eigenvalue weighted by molar-refractivity contribution is -0.118. The number of aromatic nitrogens is 3. The second-order valence-corrected chi connectivity index (χ2v) is 6.43. The van der Waals surface area contributed by atoms with Gasteiger partial charge in [0.1, 0.15) is 18.1 Å². The van der Waals surface area contributed by atoms with E-state index < -0.39 is 0 Å². The Morgan fingerprint density at radius 3 is 2.64 bits per heavy atom. The number of amides is 1. The average molecular weight is 400 g/mol. The number of carbonyl (C=O) groups excluding carboxylic acids is 1. The molecule has 3 aromatic rings. The van der Waals surface area contributed by atoms with Crippen molar-refractivity contribution in [2.24, 2.45) is 0 Å². The number of pyridine rings is 1. The minimum atomic E-state index is -0.138. The van der Waals surface area contributed by atoms with Gasteiger partial charge in [0.15, 0.2) is 0 Å². The van der Waals surface area contributed by atoms with Crippen LogP contribution >= 0.6 is 11.8 Å². The zero-order valence-corrected chi connectivity index (χ0v) is 16.1. The number of benzene rings is 1. The van der Waals surface area contributed by atoms with Crippen LogP contribution in [0.3, 0.4) is 0 Å². The Kier molecular flexibility index (Phi) is 7.25. The Morgan fingerprint density at radius 2 is 1.93 bits per heavy atom. The van der Waals surface area contributed by atoms with Crippen LogP contribution in [0.4, 0.5) is 0 Å². The number of hydrogen-bond donors (Lipinski definition) is 1. The van der Waals surface area contributed by atoms with Gasteiger partial charge in [0.05, 0.1) is 24.5 Å². The normalized spacial score (nSPS) is 10.5. The quantitative estimate of drug-likeness (QED) is 0.410. The molecule has 2 heterocycles. The molecular weight excluding hydrogens is 380 g/mol. The molecule has 1 N–H and O–H groups in total. The van der Waals surface area contributed by atoms with Crippen LogP contribution in [0.1, 0.15) is 6.92 Å². The van der Waals surface area contributed by atoms with E-state index in [-0.39, 0.29) is 11.7 Å². The number of nitrogens with zero attached hydrogens (tertiary/aromatic N) is 3. The lowest BCUT2D eigenvalue weighted by Gasteiger charge is -2.08. The monoisotopic (exact) mass is 400 g/mol. The molecular formula is C19H20N4O4S. The average Bonchev–Trinajstić information content (AvgIpc) is 3.21. The Hall–Kier alpha value is -3.07. The van der Waals surface area contributed by atoms with Crippen LogP contribution < -0.4 is 14.8 Å². The minimum Gasteiger partial charge on any atom is -0.494 e. The third kappa shape index (κ3) is 5.98. The highest BCUT2D eigenvalue weighted by atomic mass is 32.2. The Morgan fingerprint density at radius 1 is 1.14 bits per heavy atom. The smallest absolute Gasteiger partial charge is 0.277 e. The van der Waals surface area contributed by atoms with Crippen molar-refractivity contribution in [1.82, 2.24) is 20.5 Å². The molecule has 28 heavy (non-hydrogen) atoms. The van der Waals surface area contributed by atoms with Crippen molar-refractivity contribution in [3.8, 4) is 23.0 Å². The topological polar surface area (TPSA) is 99.4 Å². The van der Waals surface area contributed by atoms with Crippen LogP contribution in [-0.4, -0.2) is 46.6 Å². The summed E-state index contributed by atoms with van der Waals surface area (Å²) in [4.78, 5) is 15.9. The van der Waals surface area contributed by atoms with Crippen molar-refractivity contribution in [3.05, 3.63) is 48.8 Å². The van der Waals surface area contributed by atoms with Crippen LogP contribution in [-0.2, 0) is 4.79 Å². The van der Waals surface area contributed by atoms with Crippen LogP contribution in [0, 0.1) is 0 Å². The molecule has 1 aromatic carbocycles. The van der Waals surface area contributed by atoms with E-state index in [4.69, 9.17) is 13.9 Å². The van der Waals surface area contributed by atoms with Crippen molar-refractivity contribution < 1.29 is 18.7 Å². The summed E-state index contributed by atoms with van der Waals surface area (Å²) in [6, 6.07) is 11.0. The van der Waals surface area contributed by atoms with E-state index in [2.05, 4.69) is 20.5 Å². The van der Waals surface area contributed by atoms with E-state index in [1.165, 1.54) is 11.8 Å². The molecule has 0 aliphatic carbocycles. The highest BCUT2D eigenvalue weighted by molar-refractivity contribution is 7.99. The van der Waals surface area contributed by atoms with E-state index in [9.17, 15) is 4.79 Å². The number of carbonyl (C=O) groups is 1. The molecule has 0 aliphatic heterocycles. The van der Waals surface area contributed by atoms with Gasteiger partial charge in [-0.2, -0.15) is 0 Å². The first-order valence-corrected chi connectivity index (χ1v) is 9.72.